The summed E-state index contributed by atoms with van der Waals surface area (Å²) in [4.78, 5) is 11.3. The predicted molar refractivity (Wildman–Crippen MR) is 83.3 cm³/mol. The van der Waals surface area contributed by atoms with E-state index in [2.05, 4.69) is 10.4 Å². The molecule has 0 aliphatic carbocycles. The topological polar surface area (TPSA) is 46.9 Å². The highest BCUT2D eigenvalue weighted by Gasteiger charge is 2.08. The van der Waals surface area contributed by atoms with Crippen molar-refractivity contribution in [2.75, 3.05) is 5.32 Å². The van der Waals surface area contributed by atoms with E-state index in [9.17, 15) is 4.79 Å². The number of carbonyl (C=O) groups is 1. The number of anilines is 1. The van der Waals surface area contributed by atoms with Crippen LogP contribution in [0.5, 0.6) is 0 Å². The smallest absolute Gasteiger partial charge is 0.221 e. The van der Waals surface area contributed by atoms with Crippen molar-refractivity contribution in [1.82, 2.24) is 9.78 Å². The molecule has 2 aromatic carbocycles. The molecule has 0 saturated heterocycles. The first-order chi connectivity index (χ1) is 10.2. The molecule has 1 amide bonds. The zero-order chi connectivity index (χ0) is 14.7. The average molecular weight is 277 g/mol. The van der Waals surface area contributed by atoms with Gasteiger partial charge in [0.05, 0.1) is 11.9 Å². The van der Waals surface area contributed by atoms with Crippen molar-refractivity contribution in [2.24, 2.45) is 0 Å². The molecule has 1 heterocycles. The molecule has 21 heavy (non-hydrogen) atoms. The summed E-state index contributed by atoms with van der Waals surface area (Å²) in [6, 6.07) is 17.6. The van der Waals surface area contributed by atoms with Gasteiger partial charge in [-0.15, -0.1) is 0 Å². The number of para-hydroxylation sites is 2. The van der Waals surface area contributed by atoms with Crippen LogP contribution in [0.2, 0.25) is 0 Å². The second kappa shape index (κ2) is 5.63. The van der Waals surface area contributed by atoms with Crippen LogP contribution >= 0.6 is 0 Å². The summed E-state index contributed by atoms with van der Waals surface area (Å²) in [5.74, 6) is -0.0853. The van der Waals surface area contributed by atoms with Crippen molar-refractivity contribution in [3.05, 3.63) is 67.0 Å². The lowest BCUT2D eigenvalue weighted by atomic mass is 10.1. The Morgan fingerprint density at radius 3 is 2.52 bits per heavy atom. The SMILES string of the molecule is CC(=O)Nc1ccccc1-c1cnn(-c2ccccc2)c1. The Morgan fingerprint density at radius 2 is 1.76 bits per heavy atom. The molecular weight excluding hydrogens is 262 g/mol. The van der Waals surface area contributed by atoms with Gasteiger partial charge in [-0.3, -0.25) is 4.79 Å². The molecular formula is C17H15N3O. The van der Waals surface area contributed by atoms with E-state index >= 15 is 0 Å². The van der Waals surface area contributed by atoms with E-state index in [1.54, 1.807) is 6.20 Å². The number of rotatable bonds is 3. The first-order valence-corrected chi connectivity index (χ1v) is 6.71. The first kappa shape index (κ1) is 13.1. The second-order valence-electron chi connectivity index (χ2n) is 4.74. The Morgan fingerprint density at radius 1 is 1.05 bits per heavy atom. The maximum Gasteiger partial charge on any atom is 0.221 e. The number of hydrogen-bond acceptors (Lipinski definition) is 2. The van der Waals surface area contributed by atoms with Crippen LogP contribution < -0.4 is 5.32 Å². The molecule has 0 bridgehead atoms. The predicted octanol–water partition coefficient (Wildman–Crippen LogP) is 3.50. The van der Waals surface area contributed by atoms with E-state index in [0.717, 1.165) is 22.5 Å². The van der Waals surface area contributed by atoms with Crippen LogP contribution in [0.1, 0.15) is 6.92 Å². The van der Waals surface area contributed by atoms with Gasteiger partial charge in [0.2, 0.25) is 5.91 Å². The van der Waals surface area contributed by atoms with Gasteiger partial charge in [0.15, 0.2) is 0 Å². The zero-order valence-electron chi connectivity index (χ0n) is 11.7. The second-order valence-corrected chi connectivity index (χ2v) is 4.74. The fourth-order valence-corrected chi connectivity index (χ4v) is 2.22. The van der Waals surface area contributed by atoms with Crippen LogP contribution in [0.15, 0.2) is 67.0 Å². The molecule has 3 aromatic rings. The van der Waals surface area contributed by atoms with Crippen LogP contribution in [0.4, 0.5) is 5.69 Å². The van der Waals surface area contributed by atoms with Gasteiger partial charge >= 0.3 is 0 Å². The lowest BCUT2D eigenvalue weighted by Gasteiger charge is -2.07. The molecule has 4 nitrogen and oxygen atoms in total. The maximum absolute atomic E-state index is 11.3. The van der Waals surface area contributed by atoms with Crippen LogP contribution in [-0.2, 0) is 4.79 Å². The summed E-state index contributed by atoms with van der Waals surface area (Å²) in [6.45, 7) is 1.50. The molecule has 4 heteroatoms. The third-order valence-corrected chi connectivity index (χ3v) is 3.15. The van der Waals surface area contributed by atoms with Gasteiger partial charge in [-0.25, -0.2) is 4.68 Å². The van der Waals surface area contributed by atoms with Crippen LogP contribution in [-0.4, -0.2) is 15.7 Å². The van der Waals surface area contributed by atoms with Crippen molar-refractivity contribution < 1.29 is 4.79 Å². The van der Waals surface area contributed by atoms with Gasteiger partial charge in [-0.05, 0) is 18.2 Å². The van der Waals surface area contributed by atoms with Gasteiger partial charge < -0.3 is 5.32 Å². The highest BCUT2D eigenvalue weighted by Crippen LogP contribution is 2.28. The Kier molecular flexibility index (Phi) is 3.51. The van der Waals surface area contributed by atoms with Crippen molar-refractivity contribution in [3.63, 3.8) is 0 Å². The lowest BCUT2D eigenvalue weighted by Crippen LogP contribution is -2.06. The minimum atomic E-state index is -0.0853. The number of nitrogens with one attached hydrogen (secondary N) is 1. The third-order valence-electron chi connectivity index (χ3n) is 3.15. The summed E-state index contributed by atoms with van der Waals surface area (Å²) < 4.78 is 1.82. The molecule has 104 valence electrons. The summed E-state index contributed by atoms with van der Waals surface area (Å²) in [5.41, 5.74) is 3.71. The number of nitrogens with zero attached hydrogens (tertiary/aromatic N) is 2. The monoisotopic (exact) mass is 277 g/mol. The molecule has 0 fully saturated rings. The molecule has 0 spiro atoms. The van der Waals surface area contributed by atoms with E-state index in [1.165, 1.54) is 6.92 Å². The molecule has 1 N–H and O–H groups in total. The zero-order valence-corrected chi connectivity index (χ0v) is 11.7. The fourth-order valence-electron chi connectivity index (χ4n) is 2.22. The molecule has 0 aliphatic rings. The quantitative estimate of drug-likeness (QED) is 0.796. The molecule has 0 saturated carbocycles. The highest BCUT2D eigenvalue weighted by atomic mass is 16.1. The van der Waals surface area contributed by atoms with E-state index < -0.39 is 0 Å². The van der Waals surface area contributed by atoms with Crippen molar-refractivity contribution in [2.45, 2.75) is 6.92 Å². The largest absolute Gasteiger partial charge is 0.326 e. The Balaban J connectivity index is 1.99. The van der Waals surface area contributed by atoms with E-state index in [4.69, 9.17) is 0 Å². The summed E-state index contributed by atoms with van der Waals surface area (Å²) >= 11 is 0. The number of aromatic nitrogens is 2. The molecule has 0 atom stereocenters. The van der Waals surface area contributed by atoms with E-state index in [-0.39, 0.29) is 5.91 Å². The summed E-state index contributed by atoms with van der Waals surface area (Å²) in [5, 5.41) is 7.23. The molecule has 0 aliphatic heterocycles. The van der Waals surface area contributed by atoms with Crippen molar-refractivity contribution in [1.29, 1.82) is 0 Å². The molecule has 0 unspecified atom stereocenters. The van der Waals surface area contributed by atoms with Gasteiger partial charge in [-0.2, -0.15) is 5.10 Å². The molecule has 3 rings (SSSR count). The maximum atomic E-state index is 11.3. The summed E-state index contributed by atoms with van der Waals surface area (Å²) in [6.07, 6.45) is 3.75. The van der Waals surface area contributed by atoms with Gasteiger partial charge in [0.1, 0.15) is 0 Å². The van der Waals surface area contributed by atoms with Gasteiger partial charge in [0.25, 0.3) is 0 Å². The van der Waals surface area contributed by atoms with Crippen LogP contribution in [0.25, 0.3) is 16.8 Å². The number of hydrogen-bond donors (Lipinski definition) is 1. The molecule has 0 radical (unpaired) electrons. The normalized spacial score (nSPS) is 10.3. The van der Waals surface area contributed by atoms with Crippen LogP contribution in [0.3, 0.4) is 0 Å². The molecule has 1 aromatic heterocycles. The summed E-state index contributed by atoms with van der Waals surface area (Å²) in [7, 11) is 0. The highest BCUT2D eigenvalue weighted by molar-refractivity contribution is 5.93. The number of carbonyl (C=O) groups excluding carboxylic acids is 1. The van der Waals surface area contributed by atoms with E-state index in [1.807, 2.05) is 65.5 Å². The minimum Gasteiger partial charge on any atom is -0.326 e. The Hall–Kier alpha value is -2.88. The fraction of sp³-hybridized carbons (Fsp3) is 0.0588. The Bertz CT molecular complexity index is 762. The minimum absolute atomic E-state index is 0.0853. The van der Waals surface area contributed by atoms with Crippen molar-refractivity contribution >= 4 is 11.6 Å². The Labute approximate surface area is 123 Å². The van der Waals surface area contributed by atoms with Gasteiger partial charge in [0, 0.05) is 29.9 Å². The average Bonchev–Trinajstić information content (AvgIpc) is 2.98. The van der Waals surface area contributed by atoms with Crippen molar-refractivity contribution in [3.8, 4) is 16.8 Å². The van der Waals surface area contributed by atoms with E-state index in [0.29, 0.717) is 0 Å². The standard InChI is InChI=1S/C17H15N3O/c1-13(21)19-17-10-6-5-9-16(17)14-11-18-20(12-14)15-7-3-2-4-8-15/h2-12H,1H3,(H,19,21). The third kappa shape index (κ3) is 2.84. The lowest BCUT2D eigenvalue weighted by molar-refractivity contribution is -0.114. The van der Waals surface area contributed by atoms with Crippen LogP contribution in [0, 0.1) is 0 Å². The number of benzene rings is 2. The number of amides is 1. The first-order valence-electron chi connectivity index (χ1n) is 6.71. The van der Waals surface area contributed by atoms with Gasteiger partial charge in [-0.1, -0.05) is 36.4 Å².